The maximum absolute atomic E-state index is 12.1. The van der Waals surface area contributed by atoms with Crippen LogP contribution in [0, 0.1) is 6.92 Å². The van der Waals surface area contributed by atoms with Crippen molar-refractivity contribution in [2.75, 3.05) is 14.2 Å². The lowest BCUT2D eigenvalue weighted by Crippen LogP contribution is -2.29. The summed E-state index contributed by atoms with van der Waals surface area (Å²) in [5.74, 6) is -0.334. The number of benzene rings is 2. The van der Waals surface area contributed by atoms with E-state index in [0.717, 1.165) is 22.4 Å². The molecule has 0 fully saturated rings. The Bertz CT molecular complexity index is 829. The topological polar surface area (TPSA) is 72.3 Å². The largest absolute Gasteiger partial charge is 0.398 e. The first-order valence-electron chi connectivity index (χ1n) is 8.22. The van der Waals surface area contributed by atoms with Gasteiger partial charge in [0, 0.05) is 18.2 Å². The molecule has 6 nitrogen and oxygen atoms in total. The molecule has 0 bridgehead atoms. The van der Waals surface area contributed by atoms with Crippen LogP contribution in [0.25, 0.3) is 0 Å². The maximum Gasteiger partial charge on any atom is 0.273 e. The summed E-state index contributed by atoms with van der Waals surface area (Å²) in [6, 6.07) is 15.4. The molecule has 0 atom stereocenters. The molecule has 0 radical (unpaired) electrons. The fourth-order valence-corrected chi connectivity index (χ4v) is 2.42. The van der Waals surface area contributed by atoms with E-state index >= 15 is 0 Å². The number of nitrogens with zero attached hydrogens (tertiary/aromatic N) is 2. The van der Waals surface area contributed by atoms with Gasteiger partial charge in [-0.15, -0.1) is 0 Å². The molecule has 6 heteroatoms. The standard InChI is InChI=1S/C20H23N3O3/c1-14-8-7-10-16(12-14)15(2)22-26-13-17-9-5-6-11-18(17)19(23-25-4)20(24)21-3/h5-12H,13H2,1-4H3,(H,21,24)/b22-15-,23-19-. The Labute approximate surface area is 153 Å². The first-order valence-corrected chi connectivity index (χ1v) is 8.22. The molecule has 0 saturated carbocycles. The first-order chi connectivity index (χ1) is 12.6. The highest BCUT2D eigenvalue weighted by atomic mass is 16.6. The molecule has 1 N–H and O–H groups in total. The van der Waals surface area contributed by atoms with Crippen LogP contribution in [0.1, 0.15) is 29.2 Å². The number of hydrogen-bond acceptors (Lipinski definition) is 5. The lowest BCUT2D eigenvalue weighted by Gasteiger charge is -2.10. The molecule has 0 saturated heterocycles. The van der Waals surface area contributed by atoms with E-state index in [1.807, 2.05) is 56.3 Å². The summed E-state index contributed by atoms with van der Waals surface area (Å²) in [6.07, 6.45) is 0. The van der Waals surface area contributed by atoms with Crippen molar-refractivity contribution in [1.82, 2.24) is 5.32 Å². The van der Waals surface area contributed by atoms with Gasteiger partial charge in [0.2, 0.25) is 0 Å². The van der Waals surface area contributed by atoms with E-state index in [9.17, 15) is 4.79 Å². The van der Waals surface area contributed by atoms with Crippen molar-refractivity contribution in [3.05, 3.63) is 70.8 Å². The van der Waals surface area contributed by atoms with Gasteiger partial charge in [-0.3, -0.25) is 4.79 Å². The third kappa shape index (κ3) is 4.92. The SMILES string of the molecule is CNC(=O)/C(=N\OC)c1ccccc1CO/N=C(/C)c1cccc(C)c1. The van der Waals surface area contributed by atoms with Gasteiger partial charge in [-0.2, -0.15) is 0 Å². The Morgan fingerprint density at radius 1 is 1.12 bits per heavy atom. The monoisotopic (exact) mass is 353 g/mol. The Balaban J connectivity index is 2.19. The molecule has 0 aliphatic heterocycles. The molecular formula is C20H23N3O3. The van der Waals surface area contributed by atoms with Crippen LogP contribution in [0.4, 0.5) is 0 Å². The lowest BCUT2D eigenvalue weighted by atomic mass is 10.0. The summed E-state index contributed by atoms with van der Waals surface area (Å²) >= 11 is 0. The number of aryl methyl sites for hydroxylation is 1. The molecule has 0 spiro atoms. The molecule has 2 rings (SSSR count). The van der Waals surface area contributed by atoms with Crippen LogP contribution in [-0.4, -0.2) is 31.5 Å². The minimum absolute atomic E-state index is 0.189. The van der Waals surface area contributed by atoms with Crippen molar-refractivity contribution in [2.45, 2.75) is 20.5 Å². The number of likely N-dealkylation sites (N-methyl/N-ethyl adjacent to an activating group) is 1. The van der Waals surface area contributed by atoms with Gasteiger partial charge in [-0.05, 0) is 19.4 Å². The van der Waals surface area contributed by atoms with Crippen molar-refractivity contribution in [3.8, 4) is 0 Å². The van der Waals surface area contributed by atoms with Crippen molar-refractivity contribution < 1.29 is 14.5 Å². The number of oxime groups is 2. The number of amides is 1. The lowest BCUT2D eigenvalue weighted by molar-refractivity contribution is -0.114. The molecule has 0 heterocycles. The highest BCUT2D eigenvalue weighted by Gasteiger charge is 2.17. The number of carbonyl (C=O) groups excluding carboxylic acids is 1. The molecule has 0 aliphatic rings. The van der Waals surface area contributed by atoms with Crippen LogP contribution in [0.15, 0.2) is 58.8 Å². The second kappa shape index (κ2) is 9.36. The van der Waals surface area contributed by atoms with E-state index in [0.29, 0.717) is 5.56 Å². The summed E-state index contributed by atoms with van der Waals surface area (Å²) in [7, 11) is 2.94. The molecule has 26 heavy (non-hydrogen) atoms. The molecular weight excluding hydrogens is 330 g/mol. The summed E-state index contributed by atoms with van der Waals surface area (Å²) in [5.41, 5.74) is 4.56. The molecule has 0 unspecified atom stereocenters. The van der Waals surface area contributed by atoms with Gasteiger partial charge in [0.15, 0.2) is 5.71 Å². The van der Waals surface area contributed by atoms with Gasteiger partial charge < -0.3 is 15.0 Å². The van der Waals surface area contributed by atoms with Crippen molar-refractivity contribution in [1.29, 1.82) is 0 Å². The highest BCUT2D eigenvalue weighted by Crippen LogP contribution is 2.13. The Kier molecular flexibility index (Phi) is 6.91. The van der Waals surface area contributed by atoms with Crippen molar-refractivity contribution in [3.63, 3.8) is 0 Å². The second-order valence-electron chi connectivity index (χ2n) is 5.68. The first kappa shape index (κ1) is 19.2. The molecule has 136 valence electrons. The van der Waals surface area contributed by atoms with Crippen LogP contribution >= 0.6 is 0 Å². The zero-order chi connectivity index (χ0) is 18.9. The van der Waals surface area contributed by atoms with Crippen molar-refractivity contribution >= 4 is 17.3 Å². The van der Waals surface area contributed by atoms with Gasteiger partial charge in [0.1, 0.15) is 13.7 Å². The summed E-state index contributed by atoms with van der Waals surface area (Å²) in [5, 5.41) is 10.6. The van der Waals surface area contributed by atoms with Gasteiger partial charge in [-0.25, -0.2) is 0 Å². The van der Waals surface area contributed by atoms with E-state index in [4.69, 9.17) is 9.68 Å². The fourth-order valence-electron chi connectivity index (χ4n) is 2.42. The van der Waals surface area contributed by atoms with E-state index in [2.05, 4.69) is 15.6 Å². The molecule has 2 aromatic carbocycles. The number of carbonyl (C=O) groups is 1. The quantitative estimate of drug-likeness (QED) is 0.614. The van der Waals surface area contributed by atoms with Gasteiger partial charge in [0.25, 0.3) is 5.91 Å². The predicted molar refractivity (Wildman–Crippen MR) is 102 cm³/mol. The highest BCUT2D eigenvalue weighted by molar-refractivity contribution is 6.45. The summed E-state index contributed by atoms with van der Waals surface area (Å²) in [6.45, 7) is 4.13. The minimum atomic E-state index is -0.334. The maximum atomic E-state index is 12.1. The Morgan fingerprint density at radius 2 is 1.88 bits per heavy atom. The van der Waals surface area contributed by atoms with Gasteiger partial charge >= 0.3 is 0 Å². The van der Waals surface area contributed by atoms with Crippen LogP contribution < -0.4 is 5.32 Å². The average Bonchev–Trinajstić information content (AvgIpc) is 2.66. The van der Waals surface area contributed by atoms with Crippen LogP contribution in [0.5, 0.6) is 0 Å². The predicted octanol–water partition coefficient (Wildman–Crippen LogP) is 3.03. The zero-order valence-electron chi connectivity index (χ0n) is 15.4. The van der Waals surface area contributed by atoms with Gasteiger partial charge in [0.05, 0.1) is 5.71 Å². The van der Waals surface area contributed by atoms with Gasteiger partial charge in [-0.1, -0.05) is 64.4 Å². The minimum Gasteiger partial charge on any atom is -0.398 e. The zero-order valence-corrected chi connectivity index (χ0v) is 15.4. The Hall–Kier alpha value is -3.15. The normalized spacial score (nSPS) is 11.8. The number of nitrogens with one attached hydrogen (secondary N) is 1. The second-order valence-corrected chi connectivity index (χ2v) is 5.68. The van der Waals surface area contributed by atoms with E-state index in [-0.39, 0.29) is 18.2 Å². The molecule has 2 aromatic rings. The van der Waals surface area contributed by atoms with E-state index in [1.54, 1.807) is 13.1 Å². The smallest absolute Gasteiger partial charge is 0.273 e. The molecule has 1 amide bonds. The molecule has 0 aliphatic carbocycles. The third-order valence-electron chi connectivity index (χ3n) is 3.75. The molecule has 0 aromatic heterocycles. The fraction of sp³-hybridized carbons (Fsp3) is 0.250. The third-order valence-corrected chi connectivity index (χ3v) is 3.75. The Morgan fingerprint density at radius 3 is 2.58 bits per heavy atom. The van der Waals surface area contributed by atoms with Crippen molar-refractivity contribution in [2.24, 2.45) is 10.3 Å². The van der Waals surface area contributed by atoms with E-state index in [1.165, 1.54) is 7.11 Å². The average molecular weight is 353 g/mol. The summed E-state index contributed by atoms with van der Waals surface area (Å²) < 4.78 is 0. The van der Waals surface area contributed by atoms with Crippen LogP contribution in [0.2, 0.25) is 0 Å². The van der Waals surface area contributed by atoms with E-state index < -0.39 is 0 Å². The number of hydrogen-bond donors (Lipinski definition) is 1. The summed E-state index contributed by atoms with van der Waals surface area (Å²) in [4.78, 5) is 22.4. The van der Waals surface area contributed by atoms with Crippen LogP contribution in [0.3, 0.4) is 0 Å². The van der Waals surface area contributed by atoms with Crippen LogP contribution in [-0.2, 0) is 21.1 Å². The number of rotatable bonds is 7.